The molecule has 2 aromatic carbocycles. The van der Waals surface area contributed by atoms with Crippen molar-refractivity contribution >= 4 is 35.8 Å². The van der Waals surface area contributed by atoms with Crippen molar-refractivity contribution in [1.29, 1.82) is 0 Å². The summed E-state index contributed by atoms with van der Waals surface area (Å²) in [6.07, 6.45) is 13.6. The third kappa shape index (κ3) is 17.8. The number of carbonyl (C=O) groups excluding carboxylic acids is 2. The Morgan fingerprint density at radius 1 is 0.397 bits per heavy atom. The maximum Gasteiger partial charge on any atom is 2.00 e. The van der Waals surface area contributed by atoms with E-state index in [2.05, 4.69) is 40.3 Å². The number of benzene rings is 2. The molecule has 0 amide bonds. The van der Waals surface area contributed by atoms with Crippen molar-refractivity contribution in [3.8, 4) is 45.6 Å². The molecule has 0 unspecified atom stereocenters. The molecule has 0 saturated carbocycles. The number of carboxylic acids is 6. The molecule has 0 fully saturated rings. The van der Waals surface area contributed by atoms with Crippen molar-refractivity contribution in [2.75, 3.05) is 11.7 Å². The minimum absolute atomic E-state index is 0. The summed E-state index contributed by atoms with van der Waals surface area (Å²) in [6.45, 7) is 0. The summed E-state index contributed by atoms with van der Waals surface area (Å²) in [5.41, 5.74) is 0.696. The summed E-state index contributed by atoms with van der Waals surface area (Å²) < 4.78 is 2.88. The summed E-state index contributed by atoms with van der Waals surface area (Å²) in [6, 6.07) is 19.9. The van der Waals surface area contributed by atoms with Crippen molar-refractivity contribution in [3.63, 3.8) is 0 Å². The first-order chi connectivity index (χ1) is 31.5. The topological polar surface area (TPSA) is 589 Å². The van der Waals surface area contributed by atoms with Crippen LogP contribution in [-0.4, -0.2) is 117 Å². The van der Waals surface area contributed by atoms with Crippen LogP contribution in [0.5, 0.6) is 0 Å². The molecule has 6 heterocycles. The summed E-state index contributed by atoms with van der Waals surface area (Å²) in [4.78, 5) is 79.2. The molecule has 31 heteroatoms. The Kier molecular flexibility index (Phi) is 28.8. The van der Waals surface area contributed by atoms with Gasteiger partial charge < -0.3 is 84.8 Å². The SMILES string of the molecule is Nn1c(-c2cccnc2)nnc1-c1cccnc1.Nn1c(-c2cccnc2)nnc1-c1cccnc1.O.O.O=C([O-])c1cc(C(=O)O)cc(C(=O)O)c1.O=C([O-])c1cc(C(=O)O)cc(C(=O)O)c1.[Co+2].[OH3+].[OH3+].[OH3+].[OH3+]. The van der Waals surface area contributed by atoms with Crippen LogP contribution in [-0.2, 0) is 38.7 Å². The van der Waals surface area contributed by atoms with Gasteiger partial charge in [0.2, 0.25) is 0 Å². The molecule has 24 N–H and O–H groups in total. The zero-order valence-electron chi connectivity index (χ0n) is 37.0. The van der Waals surface area contributed by atoms with Crippen LogP contribution in [0.15, 0.2) is 135 Å². The van der Waals surface area contributed by atoms with E-state index in [0.29, 0.717) is 23.3 Å². The minimum atomic E-state index is -1.62. The first-order valence-corrected chi connectivity index (χ1v) is 18.2. The molecule has 0 saturated heterocycles. The number of nitrogens with zero attached hydrogens (tertiary/aromatic N) is 10. The Bertz CT molecular complexity index is 2570. The third-order valence-electron chi connectivity index (χ3n) is 8.40. The Labute approximate surface area is 418 Å². The van der Waals surface area contributed by atoms with E-state index in [9.17, 15) is 39.0 Å². The molecule has 73 heavy (non-hydrogen) atoms. The number of hydrogen-bond acceptors (Lipinski definition) is 18. The molecule has 0 atom stereocenters. The van der Waals surface area contributed by atoms with E-state index in [0.717, 1.165) is 58.7 Å². The summed E-state index contributed by atoms with van der Waals surface area (Å²) >= 11 is 0. The molecule has 0 aliphatic heterocycles. The molecule has 30 nitrogen and oxygen atoms in total. The van der Waals surface area contributed by atoms with Gasteiger partial charge >= 0.3 is 40.7 Å². The molecular weight excluding hydrogens is 1020 g/mol. The van der Waals surface area contributed by atoms with E-state index in [4.69, 9.17) is 32.1 Å². The van der Waals surface area contributed by atoms with E-state index in [1.165, 1.54) is 9.35 Å². The number of nitrogens with two attached hydrogens (primary N) is 2. The molecule has 6 aromatic heterocycles. The molecule has 0 spiro atoms. The Hall–Kier alpha value is -9.99. The zero-order valence-corrected chi connectivity index (χ0v) is 38.1. The summed E-state index contributed by atoms with van der Waals surface area (Å²) in [5.74, 6) is 5.43. The predicted molar refractivity (Wildman–Crippen MR) is 249 cm³/mol. The van der Waals surface area contributed by atoms with Gasteiger partial charge in [0.1, 0.15) is 0 Å². The van der Waals surface area contributed by atoms with Crippen LogP contribution in [0.3, 0.4) is 0 Å². The molecule has 387 valence electrons. The average Bonchev–Trinajstić information content (AvgIpc) is 3.92. The van der Waals surface area contributed by atoms with Crippen LogP contribution in [0.25, 0.3) is 45.6 Å². The molecule has 8 aromatic rings. The largest absolute Gasteiger partial charge is 2.00 e. The van der Waals surface area contributed by atoms with Gasteiger partial charge in [-0.3, -0.25) is 19.9 Å². The number of pyridine rings is 4. The van der Waals surface area contributed by atoms with Crippen LogP contribution < -0.4 is 21.9 Å². The second-order valence-corrected chi connectivity index (χ2v) is 12.8. The number of aromatic carboxylic acids is 6. The van der Waals surface area contributed by atoms with Crippen LogP contribution in [0, 0.1) is 0 Å². The van der Waals surface area contributed by atoms with E-state index in [-0.39, 0.29) is 49.6 Å². The van der Waals surface area contributed by atoms with Crippen molar-refractivity contribution in [2.24, 2.45) is 0 Å². The smallest absolute Gasteiger partial charge is 0.545 e. The van der Waals surface area contributed by atoms with Crippen LogP contribution in [0.4, 0.5) is 0 Å². The van der Waals surface area contributed by atoms with Gasteiger partial charge in [-0.25, -0.2) is 28.5 Å². The third-order valence-corrected chi connectivity index (χ3v) is 8.40. The molecule has 0 aliphatic carbocycles. The van der Waals surface area contributed by atoms with E-state index in [1.54, 1.807) is 49.6 Å². The maximum atomic E-state index is 10.5. The second-order valence-electron chi connectivity index (χ2n) is 12.8. The van der Waals surface area contributed by atoms with Crippen LogP contribution in [0.2, 0.25) is 0 Å². The minimum Gasteiger partial charge on any atom is -0.545 e. The monoisotopic (exact) mass is 1070 g/mol. The van der Waals surface area contributed by atoms with Crippen LogP contribution in [0.1, 0.15) is 62.1 Å². The van der Waals surface area contributed by atoms with Crippen molar-refractivity contribution in [2.45, 2.75) is 0 Å². The molecule has 1 radical (unpaired) electrons. The fourth-order valence-electron chi connectivity index (χ4n) is 5.33. The van der Waals surface area contributed by atoms with E-state index < -0.39 is 69.2 Å². The van der Waals surface area contributed by atoms with Gasteiger partial charge in [-0.1, -0.05) is 0 Å². The Balaban J connectivity index is -0.000000871. The number of nitrogen functional groups attached to an aromatic ring is 2. The average molecular weight is 1070 g/mol. The van der Waals surface area contributed by atoms with Crippen LogP contribution >= 0.6 is 0 Å². The Morgan fingerprint density at radius 2 is 0.589 bits per heavy atom. The first kappa shape index (κ1) is 67.3. The number of rotatable bonds is 10. The fraction of sp³-hybridized carbons (Fsp3) is 0. The summed E-state index contributed by atoms with van der Waals surface area (Å²) in [5, 5.41) is 71.6. The van der Waals surface area contributed by atoms with Gasteiger partial charge in [0.05, 0.1) is 34.2 Å². The maximum absolute atomic E-state index is 10.5. The van der Waals surface area contributed by atoms with Gasteiger partial charge in [-0.15, -0.1) is 20.4 Å². The van der Waals surface area contributed by atoms with Crippen molar-refractivity contribution in [1.82, 2.24) is 49.7 Å². The number of carbonyl (C=O) groups is 6. The number of hydrogen-bond donors (Lipinski definition) is 6. The standard InChI is InChI=1S/2C12H10N6.2C9H6O6.Co.6H2O/c2*13-18-11(9-3-1-5-14-7-9)16-17-12(18)10-4-2-6-15-8-10;2*10-7(11)4-1-5(8(12)13)3-6(2-4)9(14)15;;;;;;;/h2*1-8H,13H2;2*1-3H,(H,10,11)(H,12,13)(H,14,15);;6*1H2/q;;;;+2;;;;;;/p+2. The summed E-state index contributed by atoms with van der Waals surface area (Å²) in [7, 11) is 0. The van der Waals surface area contributed by atoms with E-state index in [1.807, 2.05) is 48.5 Å². The Morgan fingerprint density at radius 3 is 0.740 bits per heavy atom. The van der Waals surface area contributed by atoms with Gasteiger partial charge in [0.25, 0.3) is 0 Å². The normalized spacial score (nSPS) is 9.10. The molecule has 8 rings (SSSR count). The van der Waals surface area contributed by atoms with Gasteiger partial charge in [0, 0.05) is 71.8 Å². The number of aromatic nitrogens is 10. The van der Waals surface area contributed by atoms with Crippen molar-refractivity contribution < 1.29 is 109 Å². The van der Waals surface area contributed by atoms with Gasteiger partial charge in [0.15, 0.2) is 23.3 Å². The van der Waals surface area contributed by atoms with Gasteiger partial charge in [-0.05, 0) is 96.1 Å². The zero-order chi connectivity index (χ0) is 47.9. The molecule has 0 aliphatic rings. The second kappa shape index (κ2) is 31.2. The fourth-order valence-corrected chi connectivity index (χ4v) is 5.33. The molecule has 0 bridgehead atoms. The predicted octanol–water partition coefficient (Wildman–Crippen LogP) is -4.21. The quantitative estimate of drug-likeness (QED) is 0.0558. The first-order valence-electron chi connectivity index (χ1n) is 18.2. The van der Waals surface area contributed by atoms with E-state index >= 15 is 0 Å². The number of carboxylic acid groups (broad SMARTS) is 6. The molecular formula is C42H46CoN12O18+4. The van der Waals surface area contributed by atoms with Gasteiger partial charge in [-0.2, -0.15) is 0 Å². The van der Waals surface area contributed by atoms with Crippen molar-refractivity contribution in [3.05, 3.63) is 168 Å².